The number of pyridine rings is 2. The molecular weight excluding hydrogens is 397 g/mol. The van der Waals surface area contributed by atoms with Crippen LogP contribution in [-0.2, 0) is 0 Å². The van der Waals surface area contributed by atoms with Crippen LogP contribution in [-0.4, -0.2) is 33.1 Å². The molecular formula is C22H20FN7O. The largest absolute Gasteiger partial charge is 0.474 e. The van der Waals surface area contributed by atoms with Gasteiger partial charge in [0.25, 0.3) is 0 Å². The van der Waals surface area contributed by atoms with Gasteiger partial charge in [0, 0.05) is 41.6 Å². The summed E-state index contributed by atoms with van der Waals surface area (Å²) in [6.45, 7) is 4.99. The first-order valence-electron chi connectivity index (χ1n) is 9.83. The third-order valence-electron chi connectivity index (χ3n) is 5.35. The van der Waals surface area contributed by atoms with Crippen molar-refractivity contribution >= 4 is 33.9 Å². The number of hydrogen-bond donors (Lipinski definition) is 3. The number of fused-ring (bicyclic) bond motifs is 2. The van der Waals surface area contributed by atoms with E-state index in [9.17, 15) is 0 Å². The number of hydrogen-bond acceptors (Lipinski definition) is 8. The molecule has 0 saturated heterocycles. The zero-order valence-corrected chi connectivity index (χ0v) is 17.0. The van der Waals surface area contributed by atoms with Crippen LogP contribution in [0.5, 0.6) is 5.88 Å². The number of ether oxygens (including phenoxy) is 1. The molecule has 8 nitrogen and oxygen atoms in total. The number of benzene rings is 1. The van der Waals surface area contributed by atoms with E-state index in [4.69, 9.17) is 10.5 Å². The fourth-order valence-corrected chi connectivity index (χ4v) is 3.66. The summed E-state index contributed by atoms with van der Waals surface area (Å²) in [6.07, 6.45) is 4.84. The number of nitrogens with two attached hydrogens (primary N) is 1. The monoisotopic (exact) mass is 417 g/mol. The van der Waals surface area contributed by atoms with E-state index in [1.807, 2.05) is 26.0 Å². The molecule has 0 radical (unpaired) electrons. The van der Waals surface area contributed by atoms with E-state index in [1.165, 1.54) is 6.20 Å². The Morgan fingerprint density at radius 2 is 2.03 bits per heavy atom. The normalized spacial score (nSPS) is 12.7. The highest BCUT2D eigenvalue weighted by molar-refractivity contribution is 5.96. The third kappa shape index (κ3) is 3.24. The smallest absolute Gasteiger partial charge is 0.237 e. The summed E-state index contributed by atoms with van der Waals surface area (Å²) in [5.74, 6) is 0.361. The lowest BCUT2D eigenvalue weighted by Crippen LogP contribution is -2.20. The topological polar surface area (TPSA) is 111 Å². The Hall–Kier alpha value is -4.01. The second-order valence-corrected chi connectivity index (χ2v) is 7.29. The van der Waals surface area contributed by atoms with Gasteiger partial charge in [0.15, 0.2) is 5.82 Å². The molecule has 3 aromatic heterocycles. The lowest BCUT2D eigenvalue weighted by atomic mass is 9.98. The average Bonchev–Trinajstić information content (AvgIpc) is 2.78. The van der Waals surface area contributed by atoms with E-state index < -0.39 is 5.82 Å². The summed E-state index contributed by atoms with van der Waals surface area (Å²) in [6, 6.07) is 5.38. The van der Waals surface area contributed by atoms with Crippen LogP contribution in [0.4, 0.5) is 27.4 Å². The second-order valence-electron chi connectivity index (χ2n) is 7.29. The lowest BCUT2D eigenvalue weighted by Gasteiger charge is -2.22. The highest BCUT2D eigenvalue weighted by Crippen LogP contribution is 2.39. The van der Waals surface area contributed by atoms with E-state index in [0.717, 1.165) is 22.6 Å². The minimum absolute atomic E-state index is 0.00191. The lowest BCUT2D eigenvalue weighted by molar-refractivity contribution is 0.310. The average molecular weight is 417 g/mol. The van der Waals surface area contributed by atoms with Crippen LogP contribution in [0.15, 0.2) is 36.8 Å². The van der Waals surface area contributed by atoms with Crippen LogP contribution in [0.25, 0.3) is 22.0 Å². The van der Waals surface area contributed by atoms with Gasteiger partial charge < -0.3 is 21.1 Å². The fraction of sp³-hybridized carbons (Fsp3) is 0.182. The van der Waals surface area contributed by atoms with Crippen LogP contribution in [0.2, 0.25) is 0 Å². The molecule has 0 bridgehead atoms. The Kier molecular flexibility index (Phi) is 4.50. The summed E-state index contributed by atoms with van der Waals surface area (Å²) in [5.41, 5.74) is 10.8. The van der Waals surface area contributed by atoms with Gasteiger partial charge in [0.05, 0.1) is 22.6 Å². The van der Waals surface area contributed by atoms with Gasteiger partial charge in [0.1, 0.15) is 12.3 Å². The van der Waals surface area contributed by atoms with E-state index in [1.54, 1.807) is 18.5 Å². The molecule has 0 fully saturated rings. The quantitative estimate of drug-likeness (QED) is 0.430. The van der Waals surface area contributed by atoms with Gasteiger partial charge in [-0.2, -0.15) is 0 Å². The maximum absolute atomic E-state index is 15.2. The Balaban J connectivity index is 1.63. The number of nitrogen functional groups attached to an aromatic ring is 1. The standard InChI is InChI=1S/C22H20FN7O/c1-11-14(9-27-21-20(11)26-6-7-31-21)13-8-17-15(19(24)18(13)23)10-28-22(30-17)29-16-4-3-5-25-12(16)2/h3-5,8-10,26H,6-7,24H2,1-2H3,(H,28,29,30). The van der Waals surface area contributed by atoms with Crippen molar-refractivity contribution in [2.75, 3.05) is 29.5 Å². The summed E-state index contributed by atoms with van der Waals surface area (Å²) < 4.78 is 20.8. The molecule has 156 valence electrons. The van der Waals surface area contributed by atoms with Crippen molar-refractivity contribution in [3.63, 3.8) is 0 Å². The van der Waals surface area contributed by atoms with Crippen molar-refractivity contribution in [1.82, 2.24) is 19.9 Å². The SMILES string of the molecule is Cc1ncccc1Nc1ncc2c(N)c(F)c(-c3cnc4c(c3C)NCCO4)cc2n1. The first-order valence-corrected chi connectivity index (χ1v) is 9.83. The van der Waals surface area contributed by atoms with Gasteiger partial charge in [-0.3, -0.25) is 4.98 Å². The number of nitrogens with one attached hydrogen (secondary N) is 2. The van der Waals surface area contributed by atoms with Crippen LogP contribution < -0.4 is 21.1 Å². The van der Waals surface area contributed by atoms with Crippen LogP contribution in [0.1, 0.15) is 11.3 Å². The number of halogens is 1. The van der Waals surface area contributed by atoms with Crippen molar-refractivity contribution in [3.05, 3.63) is 53.9 Å². The predicted molar refractivity (Wildman–Crippen MR) is 118 cm³/mol. The number of anilines is 4. The third-order valence-corrected chi connectivity index (χ3v) is 5.35. The number of aryl methyl sites for hydroxylation is 1. The molecule has 9 heteroatoms. The van der Waals surface area contributed by atoms with Crippen LogP contribution in [0, 0.1) is 19.7 Å². The van der Waals surface area contributed by atoms with E-state index in [-0.39, 0.29) is 5.69 Å². The van der Waals surface area contributed by atoms with Gasteiger partial charge >= 0.3 is 0 Å². The van der Waals surface area contributed by atoms with Crippen LogP contribution in [0.3, 0.4) is 0 Å². The molecule has 31 heavy (non-hydrogen) atoms. The molecule has 4 N–H and O–H groups in total. The summed E-state index contributed by atoms with van der Waals surface area (Å²) in [7, 11) is 0. The van der Waals surface area contributed by atoms with Crippen LogP contribution >= 0.6 is 0 Å². The molecule has 4 aromatic rings. The van der Waals surface area contributed by atoms with Gasteiger partial charge in [-0.05, 0) is 37.6 Å². The Bertz CT molecular complexity index is 1330. The molecule has 0 atom stereocenters. The van der Waals surface area contributed by atoms with Crippen molar-refractivity contribution in [3.8, 4) is 17.0 Å². The minimum atomic E-state index is -0.526. The molecule has 0 amide bonds. The summed E-state index contributed by atoms with van der Waals surface area (Å²) >= 11 is 0. The maximum Gasteiger partial charge on any atom is 0.237 e. The molecule has 0 unspecified atom stereocenters. The van der Waals surface area contributed by atoms with Crippen molar-refractivity contribution in [1.29, 1.82) is 0 Å². The molecule has 1 aliphatic rings. The Morgan fingerprint density at radius 1 is 1.16 bits per heavy atom. The molecule has 5 rings (SSSR count). The first-order chi connectivity index (χ1) is 15.0. The number of nitrogens with zero attached hydrogens (tertiary/aromatic N) is 4. The minimum Gasteiger partial charge on any atom is -0.474 e. The zero-order chi connectivity index (χ0) is 21.5. The predicted octanol–water partition coefficient (Wildman–Crippen LogP) is 3.97. The Morgan fingerprint density at radius 3 is 2.87 bits per heavy atom. The molecule has 1 aromatic carbocycles. The van der Waals surface area contributed by atoms with Crippen molar-refractivity contribution in [2.45, 2.75) is 13.8 Å². The van der Waals surface area contributed by atoms with Crippen molar-refractivity contribution < 1.29 is 9.13 Å². The van der Waals surface area contributed by atoms with E-state index in [2.05, 4.69) is 30.6 Å². The summed E-state index contributed by atoms with van der Waals surface area (Å²) in [4.78, 5) is 17.4. The highest BCUT2D eigenvalue weighted by Gasteiger charge is 2.21. The van der Waals surface area contributed by atoms with Crippen molar-refractivity contribution in [2.24, 2.45) is 0 Å². The molecule has 0 spiro atoms. The van der Waals surface area contributed by atoms with Gasteiger partial charge in [-0.1, -0.05) is 0 Å². The first kappa shape index (κ1) is 19.0. The zero-order valence-electron chi connectivity index (χ0n) is 17.0. The molecule has 1 aliphatic heterocycles. The van der Waals surface area contributed by atoms with Gasteiger partial charge in [-0.25, -0.2) is 19.3 Å². The fourth-order valence-electron chi connectivity index (χ4n) is 3.66. The summed E-state index contributed by atoms with van der Waals surface area (Å²) in [5, 5.41) is 6.87. The molecule has 0 saturated carbocycles. The second kappa shape index (κ2) is 7.35. The molecule has 4 heterocycles. The highest BCUT2D eigenvalue weighted by atomic mass is 19.1. The maximum atomic E-state index is 15.2. The van der Waals surface area contributed by atoms with E-state index >= 15 is 4.39 Å². The number of rotatable bonds is 3. The van der Waals surface area contributed by atoms with Gasteiger partial charge in [0.2, 0.25) is 11.8 Å². The van der Waals surface area contributed by atoms with E-state index in [0.29, 0.717) is 47.0 Å². The molecule has 0 aliphatic carbocycles. The number of aromatic nitrogens is 4. The Labute approximate surface area is 177 Å². The van der Waals surface area contributed by atoms with Gasteiger partial charge in [-0.15, -0.1) is 0 Å².